The Morgan fingerprint density at radius 3 is 2.56 bits per heavy atom. The molecule has 0 bridgehead atoms. The molecular formula is C17H34IN3O4. The van der Waals surface area contributed by atoms with E-state index in [-0.39, 0.29) is 30.1 Å². The van der Waals surface area contributed by atoms with Crippen molar-refractivity contribution in [2.24, 2.45) is 4.99 Å². The van der Waals surface area contributed by atoms with Gasteiger partial charge >= 0.3 is 0 Å². The van der Waals surface area contributed by atoms with Gasteiger partial charge in [0.2, 0.25) is 0 Å². The van der Waals surface area contributed by atoms with Crippen LogP contribution >= 0.6 is 24.0 Å². The zero-order valence-corrected chi connectivity index (χ0v) is 17.7. The molecule has 0 spiro atoms. The van der Waals surface area contributed by atoms with Gasteiger partial charge in [-0.15, -0.1) is 24.0 Å². The first-order chi connectivity index (χ1) is 11.9. The van der Waals surface area contributed by atoms with Gasteiger partial charge in [-0.25, -0.2) is 0 Å². The van der Waals surface area contributed by atoms with Crippen LogP contribution in [0.4, 0.5) is 0 Å². The van der Waals surface area contributed by atoms with Gasteiger partial charge in [-0.2, -0.15) is 0 Å². The van der Waals surface area contributed by atoms with Crippen LogP contribution in [-0.4, -0.2) is 77.9 Å². The fourth-order valence-electron chi connectivity index (χ4n) is 2.77. The minimum atomic E-state index is 0. The molecule has 0 amide bonds. The number of nitrogens with zero attached hydrogens (tertiary/aromatic N) is 1. The average Bonchev–Trinajstić information content (AvgIpc) is 3.29. The van der Waals surface area contributed by atoms with E-state index in [2.05, 4.69) is 15.6 Å². The predicted molar refractivity (Wildman–Crippen MR) is 109 cm³/mol. The first-order valence-electron chi connectivity index (χ1n) is 9.21. The molecule has 0 aliphatic carbocycles. The van der Waals surface area contributed by atoms with Gasteiger partial charge in [-0.3, -0.25) is 4.99 Å². The fourth-order valence-corrected chi connectivity index (χ4v) is 2.77. The molecule has 2 aliphatic heterocycles. The maximum atomic E-state index is 5.73. The molecule has 2 saturated heterocycles. The smallest absolute Gasteiger partial charge is 0.190 e. The summed E-state index contributed by atoms with van der Waals surface area (Å²) in [6.45, 7) is 6.39. The molecule has 7 nitrogen and oxygen atoms in total. The van der Waals surface area contributed by atoms with E-state index in [9.17, 15) is 0 Å². The summed E-state index contributed by atoms with van der Waals surface area (Å²) in [4.78, 5) is 4.22. The van der Waals surface area contributed by atoms with Crippen molar-refractivity contribution in [3.05, 3.63) is 0 Å². The van der Waals surface area contributed by atoms with Gasteiger partial charge in [-0.1, -0.05) is 0 Å². The Hall–Kier alpha value is -0.160. The number of nitrogens with one attached hydrogen (secondary N) is 2. The maximum absolute atomic E-state index is 5.73. The highest BCUT2D eigenvalue weighted by atomic mass is 127. The molecule has 0 aromatic carbocycles. The molecule has 0 saturated carbocycles. The summed E-state index contributed by atoms with van der Waals surface area (Å²) in [5.41, 5.74) is 0. The number of guanidine groups is 1. The summed E-state index contributed by atoms with van der Waals surface area (Å²) >= 11 is 0. The summed E-state index contributed by atoms with van der Waals surface area (Å²) in [5.74, 6) is 0.832. The van der Waals surface area contributed by atoms with Crippen LogP contribution in [0.3, 0.4) is 0 Å². The molecule has 0 radical (unpaired) electrons. The van der Waals surface area contributed by atoms with Crippen molar-refractivity contribution in [1.29, 1.82) is 0 Å². The lowest BCUT2D eigenvalue weighted by molar-refractivity contribution is 0.0168. The van der Waals surface area contributed by atoms with Crippen LogP contribution in [0.5, 0.6) is 0 Å². The van der Waals surface area contributed by atoms with Crippen LogP contribution in [0, 0.1) is 0 Å². The summed E-state index contributed by atoms with van der Waals surface area (Å²) < 4.78 is 22.2. The lowest BCUT2D eigenvalue weighted by atomic mass is 10.2. The topological polar surface area (TPSA) is 73.3 Å². The third kappa shape index (κ3) is 10.5. The van der Waals surface area contributed by atoms with E-state index < -0.39 is 0 Å². The Balaban J connectivity index is 0.00000312. The number of hydrogen-bond acceptors (Lipinski definition) is 5. The normalized spacial score (nSPS) is 23.5. The molecule has 25 heavy (non-hydrogen) atoms. The fraction of sp³-hybridized carbons (Fsp3) is 0.941. The highest BCUT2D eigenvalue weighted by molar-refractivity contribution is 14.0. The van der Waals surface area contributed by atoms with Crippen LogP contribution < -0.4 is 10.6 Å². The van der Waals surface area contributed by atoms with Gasteiger partial charge in [0.1, 0.15) is 0 Å². The Kier molecular flexibility index (Phi) is 13.7. The van der Waals surface area contributed by atoms with Crippen molar-refractivity contribution in [3.8, 4) is 0 Å². The van der Waals surface area contributed by atoms with Crippen molar-refractivity contribution < 1.29 is 18.9 Å². The van der Waals surface area contributed by atoms with Gasteiger partial charge in [-0.05, 0) is 32.1 Å². The van der Waals surface area contributed by atoms with Crippen LogP contribution in [0.1, 0.15) is 32.1 Å². The molecule has 2 atom stereocenters. The van der Waals surface area contributed by atoms with Crippen molar-refractivity contribution in [1.82, 2.24) is 10.6 Å². The number of rotatable bonds is 11. The van der Waals surface area contributed by atoms with Gasteiger partial charge in [0.05, 0.1) is 25.4 Å². The molecule has 0 aromatic rings. The van der Waals surface area contributed by atoms with E-state index in [4.69, 9.17) is 18.9 Å². The molecule has 8 heteroatoms. The third-order valence-electron chi connectivity index (χ3n) is 4.16. The summed E-state index contributed by atoms with van der Waals surface area (Å²) in [5, 5.41) is 6.59. The van der Waals surface area contributed by atoms with E-state index in [0.717, 1.165) is 90.8 Å². The first kappa shape index (κ1) is 22.9. The number of hydrogen-bond donors (Lipinski definition) is 2. The lowest BCUT2D eigenvalue weighted by Gasteiger charge is -2.13. The van der Waals surface area contributed by atoms with E-state index in [1.165, 1.54) is 0 Å². The van der Waals surface area contributed by atoms with Gasteiger partial charge in [0.25, 0.3) is 0 Å². The minimum Gasteiger partial charge on any atom is -0.379 e. The summed E-state index contributed by atoms with van der Waals surface area (Å²) in [6, 6.07) is 0. The van der Waals surface area contributed by atoms with Crippen molar-refractivity contribution >= 4 is 29.9 Å². The monoisotopic (exact) mass is 471 g/mol. The quantitative estimate of drug-likeness (QED) is 0.206. The van der Waals surface area contributed by atoms with Gasteiger partial charge in [0, 0.05) is 46.6 Å². The van der Waals surface area contributed by atoms with E-state index in [0.29, 0.717) is 6.10 Å². The molecule has 148 valence electrons. The molecule has 0 aromatic heterocycles. The highest BCUT2D eigenvalue weighted by Gasteiger charge is 2.15. The lowest BCUT2D eigenvalue weighted by Crippen LogP contribution is -2.38. The van der Waals surface area contributed by atoms with Gasteiger partial charge < -0.3 is 29.6 Å². The summed E-state index contributed by atoms with van der Waals surface area (Å²) in [6.07, 6.45) is 5.83. The van der Waals surface area contributed by atoms with Crippen molar-refractivity contribution in [2.45, 2.75) is 44.3 Å². The van der Waals surface area contributed by atoms with Gasteiger partial charge in [0.15, 0.2) is 5.96 Å². The predicted octanol–water partition coefficient (Wildman–Crippen LogP) is 1.55. The number of aliphatic imine (C=N–C) groups is 1. The Labute approximate surface area is 168 Å². The third-order valence-corrected chi connectivity index (χ3v) is 4.16. The molecule has 2 rings (SSSR count). The van der Waals surface area contributed by atoms with Crippen LogP contribution in [0.25, 0.3) is 0 Å². The average molecular weight is 471 g/mol. The molecule has 2 aliphatic rings. The second kappa shape index (κ2) is 15.0. The van der Waals surface area contributed by atoms with E-state index >= 15 is 0 Å². The van der Waals surface area contributed by atoms with E-state index in [1.54, 1.807) is 7.05 Å². The molecule has 2 fully saturated rings. The molecule has 2 unspecified atom stereocenters. The Morgan fingerprint density at radius 2 is 1.92 bits per heavy atom. The Morgan fingerprint density at radius 1 is 1.12 bits per heavy atom. The van der Waals surface area contributed by atoms with Crippen molar-refractivity contribution in [3.63, 3.8) is 0 Å². The molecule has 2 N–H and O–H groups in total. The largest absolute Gasteiger partial charge is 0.379 e. The zero-order valence-electron chi connectivity index (χ0n) is 15.3. The summed E-state index contributed by atoms with van der Waals surface area (Å²) in [7, 11) is 1.79. The van der Waals surface area contributed by atoms with Crippen molar-refractivity contribution in [2.75, 3.05) is 59.8 Å². The van der Waals surface area contributed by atoms with Crippen LogP contribution in [0.15, 0.2) is 4.99 Å². The first-order valence-corrected chi connectivity index (χ1v) is 9.21. The van der Waals surface area contributed by atoms with Crippen LogP contribution in [0.2, 0.25) is 0 Å². The number of ether oxygens (including phenoxy) is 4. The minimum absolute atomic E-state index is 0. The van der Waals surface area contributed by atoms with Crippen LogP contribution in [-0.2, 0) is 18.9 Å². The standard InChI is InChI=1S/C17H33N3O4.HI/c1-18-17(20-8-4-11-24-16-6-12-22-14-16)19-7-3-9-21-13-15-5-2-10-23-15;/h15-16H,2-14H2,1H3,(H2,18,19,20);1H. The Bertz CT molecular complexity index is 349. The SMILES string of the molecule is CN=C(NCCCOCC1CCCO1)NCCCOC1CCOC1.I. The second-order valence-corrected chi connectivity index (χ2v) is 6.20. The maximum Gasteiger partial charge on any atom is 0.190 e. The van der Waals surface area contributed by atoms with E-state index in [1.807, 2.05) is 0 Å². The molecular weight excluding hydrogens is 437 g/mol. The zero-order chi connectivity index (χ0) is 16.9. The highest BCUT2D eigenvalue weighted by Crippen LogP contribution is 2.11. The molecule has 2 heterocycles. The number of halogens is 1. The second-order valence-electron chi connectivity index (χ2n) is 6.20.